The van der Waals surface area contributed by atoms with Gasteiger partial charge >= 0.3 is 0 Å². The minimum atomic E-state index is -0.0764. The minimum Gasteiger partial charge on any atom is -0.146 e. The lowest BCUT2D eigenvalue weighted by molar-refractivity contribution is 1.17. The van der Waals surface area contributed by atoms with Gasteiger partial charge in [0.15, 0.2) is 0 Å². The molecule has 0 aliphatic carbocycles. The van der Waals surface area contributed by atoms with Crippen LogP contribution in [0.4, 0.5) is 0 Å². The summed E-state index contributed by atoms with van der Waals surface area (Å²) in [6, 6.07) is 10.1. The van der Waals surface area contributed by atoms with Crippen LogP contribution >= 0.6 is 54.8 Å². The predicted molar refractivity (Wildman–Crippen MR) is 73.9 cm³/mol. The lowest BCUT2D eigenvalue weighted by atomic mass is 10.1. The highest BCUT2D eigenvalue weighted by molar-refractivity contribution is 9.10. The van der Waals surface area contributed by atoms with E-state index in [0.717, 1.165) is 19.4 Å². The highest BCUT2D eigenvalue weighted by Crippen LogP contribution is 2.37. The Labute approximate surface area is 115 Å². The third-order valence-electron chi connectivity index (χ3n) is 2.04. The van der Waals surface area contributed by atoms with Crippen molar-refractivity contribution in [1.29, 1.82) is 0 Å². The first-order chi connectivity index (χ1) is 7.18. The van der Waals surface area contributed by atoms with Crippen LogP contribution in [0.5, 0.6) is 0 Å². The maximum Gasteiger partial charge on any atom is 0.0939 e. The van der Waals surface area contributed by atoms with E-state index in [0.29, 0.717) is 0 Å². The molecule has 4 heteroatoms. The summed E-state index contributed by atoms with van der Waals surface area (Å²) < 4.78 is 2.15. The van der Waals surface area contributed by atoms with Crippen LogP contribution < -0.4 is 0 Å². The van der Waals surface area contributed by atoms with Crippen molar-refractivity contribution in [3.8, 4) is 0 Å². The highest BCUT2D eigenvalue weighted by atomic mass is 79.9. The number of thiophene rings is 1. The van der Waals surface area contributed by atoms with E-state index in [2.05, 4.69) is 31.9 Å². The molecule has 2 rings (SSSR count). The van der Waals surface area contributed by atoms with Gasteiger partial charge in [0.25, 0.3) is 0 Å². The van der Waals surface area contributed by atoms with Crippen molar-refractivity contribution < 1.29 is 0 Å². The van der Waals surface area contributed by atoms with Crippen molar-refractivity contribution in [3.63, 3.8) is 0 Å². The molecule has 0 fully saturated rings. The van der Waals surface area contributed by atoms with Gasteiger partial charge in [-0.1, -0.05) is 28.1 Å². The molecule has 0 saturated heterocycles. The van der Waals surface area contributed by atoms with Gasteiger partial charge in [-0.05, 0) is 45.1 Å². The largest absolute Gasteiger partial charge is 0.146 e. The Hall–Kier alpha value is 0.170. The topological polar surface area (TPSA) is 0 Å². The van der Waals surface area contributed by atoms with Crippen molar-refractivity contribution in [2.75, 3.05) is 0 Å². The molecule has 0 nitrogen and oxygen atoms in total. The Morgan fingerprint density at radius 2 is 1.73 bits per heavy atom. The Bertz CT molecular complexity index is 450. The first-order valence-electron chi connectivity index (χ1n) is 4.31. The molecular formula is C11H7Br2ClS. The zero-order valence-electron chi connectivity index (χ0n) is 7.58. The van der Waals surface area contributed by atoms with Crippen LogP contribution in [0.2, 0.25) is 0 Å². The molecule has 1 unspecified atom stereocenters. The van der Waals surface area contributed by atoms with E-state index in [-0.39, 0.29) is 5.38 Å². The number of benzene rings is 1. The molecule has 0 amide bonds. The molecule has 1 aromatic heterocycles. The first kappa shape index (κ1) is 11.6. The molecule has 0 aliphatic rings. The summed E-state index contributed by atoms with van der Waals surface area (Å²) in [6.45, 7) is 0. The molecular weight excluding hydrogens is 359 g/mol. The summed E-state index contributed by atoms with van der Waals surface area (Å²) in [5.41, 5.74) is 1.11. The monoisotopic (exact) mass is 364 g/mol. The van der Waals surface area contributed by atoms with Crippen LogP contribution in [0.1, 0.15) is 15.8 Å². The third-order valence-corrected chi connectivity index (χ3v) is 5.10. The highest BCUT2D eigenvalue weighted by Gasteiger charge is 2.14. The molecule has 0 bridgehead atoms. The van der Waals surface area contributed by atoms with Gasteiger partial charge in [0.05, 0.1) is 5.38 Å². The zero-order valence-corrected chi connectivity index (χ0v) is 12.3. The van der Waals surface area contributed by atoms with Crippen LogP contribution in [0.3, 0.4) is 0 Å². The van der Waals surface area contributed by atoms with Gasteiger partial charge in [-0.15, -0.1) is 22.9 Å². The van der Waals surface area contributed by atoms with Gasteiger partial charge in [0.1, 0.15) is 0 Å². The summed E-state index contributed by atoms with van der Waals surface area (Å²) in [5.74, 6) is 0. The predicted octanol–water partition coefficient (Wildman–Crippen LogP) is 5.60. The molecule has 2 aromatic rings. The fraction of sp³-hybridized carbons (Fsp3) is 0.0909. The molecule has 15 heavy (non-hydrogen) atoms. The van der Waals surface area contributed by atoms with Gasteiger partial charge < -0.3 is 0 Å². The Balaban J connectivity index is 2.32. The van der Waals surface area contributed by atoms with E-state index in [9.17, 15) is 0 Å². The Kier molecular flexibility index (Phi) is 3.88. The number of rotatable bonds is 2. The fourth-order valence-electron chi connectivity index (χ4n) is 1.27. The van der Waals surface area contributed by atoms with Gasteiger partial charge in [0.2, 0.25) is 0 Å². The summed E-state index contributed by atoms with van der Waals surface area (Å²) in [6.07, 6.45) is 0. The summed E-state index contributed by atoms with van der Waals surface area (Å²) in [4.78, 5) is 1.15. The second kappa shape index (κ2) is 5.00. The molecule has 0 aliphatic heterocycles. The summed E-state index contributed by atoms with van der Waals surface area (Å²) in [5, 5.41) is 1.96. The molecule has 1 heterocycles. The normalized spacial score (nSPS) is 12.7. The second-order valence-electron chi connectivity index (χ2n) is 3.05. The fourth-order valence-corrected chi connectivity index (χ4v) is 3.69. The Morgan fingerprint density at radius 3 is 2.27 bits per heavy atom. The third kappa shape index (κ3) is 2.64. The molecule has 0 spiro atoms. The molecule has 1 atom stereocenters. The van der Waals surface area contributed by atoms with E-state index < -0.39 is 0 Å². The molecule has 0 saturated carbocycles. The van der Waals surface area contributed by atoms with Gasteiger partial charge in [-0.3, -0.25) is 0 Å². The summed E-state index contributed by atoms with van der Waals surface area (Å²) in [7, 11) is 0. The average Bonchev–Trinajstić information content (AvgIpc) is 2.65. The van der Waals surface area contributed by atoms with Crippen molar-refractivity contribution in [1.82, 2.24) is 0 Å². The van der Waals surface area contributed by atoms with E-state index in [1.165, 1.54) is 0 Å². The van der Waals surface area contributed by atoms with E-state index in [1.54, 1.807) is 11.3 Å². The lowest BCUT2D eigenvalue weighted by Gasteiger charge is -2.08. The second-order valence-corrected chi connectivity index (χ2v) is 6.20. The van der Waals surface area contributed by atoms with E-state index in [1.807, 2.05) is 35.7 Å². The number of hydrogen-bond donors (Lipinski definition) is 0. The van der Waals surface area contributed by atoms with Crippen LogP contribution in [-0.4, -0.2) is 0 Å². The van der Waals surface area contributed by atoms with Crippen LogP contribution in [0.15, 0.2) is 44.7 Å². The van der Waals surface area contributed by atoms with Crippen LogP contribution in [-0.2, 0) is 0 Å². The minimum absolute atomic E-state index is 0.0764. The number of halogens is 3. The quantitative estimate of drug-likeness (QED) is 0.607. The van der Waals surface area contributed by atoms with Crippen molar-refractivity contribution >= 4 is 54.8 Å². The zero-order chi connectivity index (χ0) is 10.8. The molecule has 0 N–H and O–H groups in total. The standard InChI is InChI=1S/C11H7Br2ClS/c12-8-3-1-7(2-4-8)10(14)11-9(13)5-6-15-11/h1-6,10H. The number of hydrogen-bond acceptors (Lipinski definition) is 1. The van der Waals surface area contributed by atoms with Gasteiger partial charge in [0, 0.05) is 13.8 Å². The van der Waals surface area contributed by atoms with Gasteiger partial charge in [-0.25, -0.2) is 0 Å². The van der Waals surface area contributed by atoms with Crippen LogP contribution in [0.25, 0.3) is 0 Å². The lowest BCUT2D eigenvalue weighted by Crippen LogP contribution is -1.90. The Morgan fingerprint density at radius 1 is 1.07 bits per heavy atom. The molecule has 1 aromatic carbocycles. The SMILES string of the molecule is ClC(c1ccc(Br)cc1)c1sccc1Br. The maximum atomic E-state index is 6.40. The maximum absolute atomic E-state index is 6.40. The smallest absolute Gasteiger partial charge is 0.0939 e. The molecule has 0 radical (unpaired) electrons. The van der Waals surface area contributed by atoms with Crippen molar-refractivity contribution in [3.05, 3.63) is 55.1 Å². The first-order valence-corrected chi connectivity index (χ1v) is 7.21. The van der Waals surface area contributed by atoms with Crippen LogP contribution in [0, 0.1) is 0 Å². The van der Waals surface area contributed by atoms with E-state index in [4.69, 9.17) is 11.6 Å². The number of alkyl halides is 1. The van der Waals surface area contributed by atoms with E-state index >= 15 is 0 Å². The van der Waals surface area contributed by atoms with Crippen molar-refractivity contribution in [2.24, 2.45) is 0 Å². The molecule has 78 valence electrons. The average molecular weight is 367 g/mol. The summed E-state index contributed by atoms with van der Waals surface area (Å²) >= 11 is 15.0. The van der Waals surface area contributed by atoms with Gasteiger partial charge in [-0.2, -0.15) is 0 Å². The van der Waals surface area contributed by atoms with Crippen molar-refractivity contribution in [2.45, 2.75) is 5.38 Å².